The summed E-state index contributed by atoms with van der Waals surface area (Å²) in [7, 11) is 2.23. The van der Waals surface area contributed by atoms with Gasteiger partial charge in [0.2, 0.25) is 0 Å². The molecular weight excluding hydrogens is 260 g/mol. The third-order valence-electron chi connectivity index (χ3n) is 4.41. The highest BCUT2D eigenvalue weighted by Crippen LogP contribution is 2.18. The first kappa shape index (κ1) is 14.3. The largest absolute Gasteiger partial charge is 0.317 e. The highest BCUT2D eigenvalue weighted by molar-refractivity contribution is 5.40. The molecule has 0 bridgehead atoms. The molecule has 21 heavy (non-hydrogen) atoms. The van der Waals surface area contributed by atoms with Crippen molar-refractivity contribution in [2.75, 3.05) is 20.1 Å². The quantitative estimate of drug-likeness (QED) is 0.935. The molecular formula is C17H24N4. The van der Waals surface area contributed by atoms with E-state index in [9.17, 15) is 0 Å². The molecule has 0 amide bonds. The summed E-state index contributed by atoms with van der Waals surface area (Å²) in [5.74, 6) is 0. The first-order chi connectivity index (χ1) is 10.3. The lowest BCUT2D eigenvalue weighted by Crippen LogP contribution is -2.41. The first-order valence-corrected chi connectivity index (χ1v) is 7.75. The molecule has 2 heterocycles. The Morgan fingerprint density at radius 1 is 1.24 bits per heavy atom. The van der Waals surface area contributed by atoms with Crippen molar-refractivity contribution < 1.29 is 0 Å². The van der Waals surface area contributed by atoms with E-state index in [2.05, 4.69) is 64.3 Å². The van der Waals surface area contributed by atoms with Crippen molar-refractivity contribution in [2.24, 2.45) is 0 Å². The highest BCUT2D eigenvalue weighted by atomic mass is 15.3. The van der Waals surface area contributed by atoms with Crippen molar-refractivity contribution >= 4 is 0 Å². The van der Waals surface area contributed by atoms with Crippen LogP contribution < -0.4 is 5.32 Å². The Morgan fingerprint density at radius 2 is 2.00 bits per heavy atom. The number of aryl methyl sites for hydroxylation is 1. The molecule has 1 fully saturated rings. The molecule has 3 rings (SSSR count). The van der Waals surface area contributed by atoms with Gasteiger partial charge in [-0.05, 0) is 57.6 Å². The lowest BCUT2D eigenvalue weighted by molar-refractivity contribution is 0.188. The molecule has 1 N–H and O–H groups in total. The topological polar surface area (TPSA) is 33.1 Å². The third kappa shape index (κ3) is 3.17. The summed E-state index contributed by atoms with van der Waals surface area (Å²) in [5, 5.41) is 7.95. The Morgan fingerprint density at radius 3 is 2.76 bits per heavy atom. The van der Waals surface area contributed by atoms with Crippen LogP contribution in [0, 0.1) is 6.92 Å². The summed E-state index contributed by atoms with van der Waals surface area (Å²) in [6, 6.07) is 11.2. The molecule has 0 atom stereocenters. The Bertz CT molecular complexity index is 584. The van der Waals surface area contributed by atoms with Crippen LogP contribution in [0.4, 0.5) is 0 Å². The maximum atomic E-state index is 4.52. The van der Waals surface area contributed by atoms with Gasteiger partial charge in [0.1, 0.15) is 0 Å². The van der Waals surface area contributed by atoms with E-state index in [0.29, 0.717) is 6.04 Å². The molecule has 1 aliphatic heterocycles. The fourth-order valence-corrected chi connectivity index (χ4v) is 3.10. The predicted octanol–water partition coefficient (Wildman–Crippen LogP) is 2.36. The standard InChI is InChI=1S/C17H24N4/c1-14-5-3-4-6-17(14)21-16(9-12-19-21)13-20(2)15-7-10-18-11-8-15/h3-6,9,12,15,18H,7-8,10-11,13H2,1-2H3. The van der Waals surface area contributed by atoms with Gasteiger partial charge in [-0.1, -0.05) is 18.2 Å². The molecule has 0 saturated carbocycles. The minimum absolute atomic E-state index is 0.673. The molecule has 1 aromatic carbocycles. The van der Waals surface area contributed by atoms with Crippen LogP contribution in [0.15, 0.2) is 36.5 Å². The van der Waals surface area contributed by atoms with Crippen molar-refractivity contribution in [1.29, 1.82) is 0 Å². The van der Waals surface area contributed by atoms with E-state index in [0.717, 1.165) is 19.6 Å². The van der Waals surface area contributed by atoms with Crippen LogP contribution in [-0.4, -0.2) is 40.9 Å². The molecule has 1 aliphatic rings. The lowest BCUT2D eigenvalue weighted by atomic mass is 10.1. The van der Waals surface area contributed by atoms with E-state index in [1.165, 1.54) is 29.8 Å². The number of hydrogen-bond acceptors (Lipinski definition) is 3. The van der Waals surface area contributed by atoms with Crippen molar-refractivity contribution in [1.82, 2.24) is 20.0 Å². The molecule has 112 valence electrons. The Labute approximate surface area is 126 Å². The summed E-state index contributed by atoms with van der Waals surface area (Å²) in [6.07, 6.45) is 4.36. The number of piperidine rings is 1. The van der Waals surface area contributed by atoms with Gasteiger partial charge in [0, 0.05) is 18.8 Å². The van der Waals surface area contributed by atoms with Crippen LogP contribution in [0.1, 0.15) is 24.1 Å². The molecule has 1 aromatic heterocycles. The minimum atomic E-state index is 0.673. The highest BCUT2D eigenvalue weighted by Gasteiger charge is 2.19. The van der Waals surface area contributed by atoms with Crippen molar-refractivity contribution in [3.8, 4) is 5.69 Å². The van der Waals surface area contributed by atoms with Crippen LogP contribution in [0.25, 0.3) is 5.69 Å². The zero-order valence-electron chi connectivity index (χ0n) is 12.9. The Hall–Kier alpha value is -1.65. The van der Waals surface area contributed by atoms with E-state index in [4.69, 9.17) is 0 Å². The number of aromatic nitrogens is 2. The van der Waals surface area contributed by atoms with Crippen LogP contribution in [0.3, 0.4) is 0 Å². The minimum Gasteiger partial charge on any atom is -0.317 e. The van der Waals surface area contributed by atoms with Crippen molar-refractivity contribution in [3.63, 3.8) is 0 Å². The lowest BCUT2D eigenvalue weighted by Gasteiger charge is -2.31. The SMILES string of the molecule is Cc1ccccc1-n1nccc1CN(C)C1CCNCC1. The van der Waals surface area contributed by atoms with E-state index in [-0.39, 0.29) is 0 Å². The molecule has 0 spiro atoms. The van der Waals surface area contributed by atoms with Gasteiger partial charge in [0.05, 0.1) is 11.4 Å². The molecule has 2 aromatic rings. The summed E-state index contributed by atoms with van der Waals surface area (Å²) < 4.78 is 2.08. The van der Waals surface area contributed by atoms with E-state index < -0.39 is 0 Å². The Kier molecular flexibility index (Phi) is 4.36. The summed E-state index contributed by atoms with van der Waals surface area (Å²) in [5.41, 5.74) is 3.69. The molecule has 0 unspecified atom stereocenters. The number of hydrogen-bond donors (Lipinski definition) is 1. The molecule has 4 heteroatoms. The molecule has 0 aliphatic carbocycles. The van der Waals surface area contributed by atoms with Crippen molar-refractivity contribution in [2.45, 2.75) is 32.4 Å². The smallest absolute Gasteiger partial charge is 0.0678 e. The van der Waals surface area contributed by atoms with E-state index >= 15 is 0 Å². The maximum absolute atomic E-state index is 4.52. The fraction of sp³-hybridized carbons (Fsp3) is 0.471. The average molecular weight is 284 g/mol. The van der Waals surface area contributed by atoms with Crippen LogP contribution in [0.5, 0.6) is 0 Å². The summed E-state index contributed by atoms with van der Waals surface area (Å²) in [4.78, 5) is 2.46. The van der Waals surface area contributed by atoms with Gasteiger partial charge in [-0.25, -0.2) is 4.68 Å². The number of para-hydroxylation sites is 1. The van der Waals surface area contributed by atoms with Crippen LogP contribution >= 0.6 is 0 Å². The second-order valence-corrected chi connectivity index (χ2v) is 5.92. The second kappa shape index (κ2) is 6.41. The zero-order valence-corrected chi connectivity index (χ0v) is 12.9. The van der Waals surface area contributed by atoms with E-state index in [1.807, 2.05) is 6.20 Å². The zero-order chi connectivity index (χ0) is 14.7. The molecule has 0 radical (unpaired) electrons. The van der Waals surface area contributed by atoms with Crippen molar-refractivity contribution in [3.05, 3.63) is 47.8 Å². The third-order valence-corrected chi connectivity index (χ3v) is 4.41. The van der Waals surface area contributed by atoms with Gasteiger partial charge in [-0.2, -0.15) is 5.10 Å². The maximum Gasteiger partial charge on any atom is 0.0678 e. The second-order valence-electron chi connectivity index (χ2n) is 5.92. The average Bonchev–Trinajstić information content (AvgIpc) is 2.96. The Balaban J connectivity index is 1.78. The van der Waals surface area contributed by atoms with Gasteiger partial charge in [-0.15, -0.1) is 0 Å². The normalized spacial score (nSPS) is 16.5. The number of nitrogens with zero attached hydrogens (tertiary/aromatic N) is 3. The first-order valence-electron chi connectivity index (χ1n) is 7.75. The van der Waals surface area contributed by atoms with Gasteiger partial charge < -0.3 is 5.32 Å². The summed E-state index contributed by atoms with van der Waals surface area (Å²) >= 11 is 0. The number of rotatable bonds is 4. The molecule has 1 saturated heterocycles. The fourth-order valence-electron chi connectivity index (χ4n) is 3.10. The van der Waals surface area contributed by atoms with E-state index in [1.54, 1.807) is 0 Å². The number of nitrogens with one attached hydrogen (secondary N) is 1. The van der Waals surface area contributed by atoms with Gasteiger partial charge in [-0.3, -0.25) is 4.90 Å². The number of benzene rings is 1. The van der Waals surface area contributed by atoms with Gasteiger partial charge >= 0.3 is 0 Å². The monoisotopic (exact) mass is 284 g/mol. The van der Waals surface area contributed by atoms with Crippen LogP contribution in [0.2, 0.25) is 0 Å². The molecule has 4 nitrogen and oxygen atoms in total. The predicted molar refractivity (Wildman–Crippen MR) is 85.7 cm³/mol. The van der Waals surface area contributed by atoms with Crippen LogP contribution in [-0.2, 0) is 6.54 Å². The van der Waals surface area contributed by atoms with Gasteiger partial charge in [0.15, 0.2) is 0 Å². The van der Waals surface area contributed by atoms with Gasteiger partial charge in [0.25, 0.3) is 0 Å². The summed E-state index contributed by atoms with van der Waals surface area (Å²) in [6.45, 7) is 5.34.